The molecule has 0 atom stereocenters. The third-order valence-corrected chi connectivity index (χ3v) is 4.52. The smallest absolute Gasteiger partial charge is 0.311 e. The van der Waals surface area contributed by atoms with Crippen LogP contribution in [0.1, 0.15) is 64.5 Å². The molecule has 0 spiro atoms. The molecule has 4 nitrogen and oxygen atoms in total. The van der Waals surface area contributed by atoms with Crippen molar-refractivity contribution in [3.63, 3.8) is 0 Å². The first kappa shape index (κ1) is 20.7. The van der Waals surface area contributed by atoms with E-state index in [0.717, 1.165) is 24.0 Å². The Bertz CT molecular complexity index is 692. The number of carbonyl (C=O) groups excluding carboxylic acids is 2. The predicted octanol–water partition coefficient (Wildman–Crippen LogP) is 5.42. The molecule has 0 aliphatic carbocycles. The van der Waals surface area contributed by atoms with E-state index < -0.39 is 0 Å². The van der Waals surface area contributed by atoms with Crippen molar-refractivity contribution in [1.29, 1.82) is 0 Å². The summed E-state index contributed by atoms with van der Waals surface area (Å²) in [7, 11) is 0. The zero-order valence-corrected chi connectivity index (χ0v) is 16.6. The van der Waals surface area contributed by atoms with E-state index in [0.29, 0.717) is 24.3 Å². The molecular formula is C23H28O4. The number of esters is 2. The third-order valence-electron chi connectivity index (χ3n) is 4.52. The molecule has 2 aromatic rings. The highest BCUT2D eigenvalue weighted by Crippen LogP contribution is 2.33. The van der Waals surface area contributed by atoms with Crippen LogP contribution in [0.4, 0.5) is 0 Å². The number of carbonyl (C=O) groups is 2. The Morgan fingerprint density at radius 3 is 1.33 bits per heavy atom. The molecule has 2 rings (SSSR count). The minimum atomic E-state index is -0.238. The summed E-state index contributed by atoms with van der Waals surface area (Å²) >= 11 is 0. The summed E-state index contributed by atoms with van der Waals surface area (Å²) in [5, 5.41) is 0. The molecule has 0 aromatic heterocycles. The molecule has 144 valence electrons. The largest absolute Gasteiger partial charge is 0.427 e. The highest BCUT2D eigenvalue weighted by Gasteiger charge is 2.23. The van der Waals surface area contributed by atoms with Crippen LogP contribution in [0.2, 0.25) is 0 Å². The van der Waals surface area contributed by atoms with Crippen molar-refractivity contribution in [1.82, 2.24) is 0 Å². The van der Waals surface area contributed by atoms with Crippen molar-refractivity contribution in [3.8, 4) is 11.5 Å². The van der Waals surface area contributed by atoms with Gasteiger partial charge in [0.1, 0.15) is 11.5 Å². The van der Waals surface area contributed by atoms with Crippen molar-refractivity contribution < 1.29 is 19.1 Å². The molecule has 0 fully saturated rings. The summed E-state index contributed by atoms with van der Waals surface area (Å²) in [5.74, 6) is 0.702. The highest BCUT2D eigenvalue weighted by atomic mass is 16.5. The van der Waals surface area contributed by atoms with Gasteiger partial charge < -0.3 is 9.47 Å². The molecule has 0 amide bonds. The second-order valence-corrected chi connectivity index (χ2v) is 7.12. The molecular weight excluding hydrogens is 340 g/mol. The van der Waals surface area contributed by atoms with Crippen molar-refractivity contribution in [2.24, 2.45) is 0 Å². The second-order valence-electron chi connectivity index (χ2n) is 7.12. The van der Waals surface area contributed by atoms with Gasteiger partial charge in [-0.2, -0.15) is 0 Å². The van der Waals surface area contributed by atoms with E-state index in [4.69, 9.17) is 9.47 Å². The zero-order valence-electron chi connectivity index (χ0n) is 16.6. The van der Waals surface area contributed by atoms with Gasteiger partial charge in [0.25, 0.3) is 0 Å². The Labute approximate surface area is 161 Å². The van der Waals surface area contributed by atoms with Crippen LogP contribution in [0.3, 0.4) is 0 Å². The summed E-state index contributed by atoms with van der Waals surface area (Å²) in [4.78, 5) is 23.2. The van der Waals surface area contributed by atoms with E-state index in [9.17, 15) is 9.59 Å². The lowest BCUT2D eigenvalue weighted by atomic mass is 9.78. The van der Waals surface area contributed by atoms with Gasteiger partial charge in [-0.1, -0.05) is 52.0 Å². The van der Waals surface area contributed by atoms with Crippen LogP contribution in [0.5, 0.6) is 11.5 Å². The topological polar surface area (TPSA) is 52.6 Å². The molecule has 0 radical (unpaired) electrons. The number of hydrogen-bond donors (Lipinski definition) is 0. The summed E-state index contributed by atoms with van der Waals surface area (Å²) in [6.07, 6.45) is 2.38. The maximum Gasteiger partial charge on any atom is 0.311 e. The molecule has 0 aliphatic rings. The number of hydrogen-bond acceptors (Lipinski definition) is 4. The predicted molar refractivity (Wildman–Crippen MR) is 106 cm³/mol. The van der Waals surface area contributed by atoms with Crippen LogP contribution in [0, 0.1) is 0 Å². The van der Waals surface area contributed by atoms with Gasteiger partial charge in [-0.15, -0.1) is 0 Å². The van der Waals surface area contributed by atoms with Crippen LogP contribution in [-0.2, 0) is 15.0 Å². The first-order valence-corrected chi connectivity index (χ1v) is 9.49. The van der Waals surface area contributed by atoms with Crippen LogP contribution >= 0.6 is 0 Å². The Morgan fingerprint density at radius 2 is 1.04 bits per heavy atom. The summed E-state index contributed by atoms with van der Waals surface area (Å²) in [5.41, 5.74) is 1.97. The lowest BCUT2D eigenvalue weighted by molar-refractivity contribution is -0.135. The van der Waals surface area contributed by atoms with Gasteiger partial charge in [-0.3, -0.25) is 9.59 Å². The lowest BCUT2D eigenvalue weighted by Crippen LogP contribution is -2.19. The van der Waals surface area contributed by atoms with Gasteiger partial charge in [-0.25, -0.2) is 0 Å². The second kappa shape index (κ2) is 9.36. The molecule has 2 aromatic carbocycles. The minimum Gasteiger partial charge on any atom is -0.427 e. The van der Waals surface area contributed by atoms with E-state index in [1.165, 1.54) is 0 Å². The first-order valence-electron chi connectivity index (χ1n) is 9.49. The molecule has 0 aliphatic heterocycles. The van der Waals surface area contributed by atoms with E-state index in [-0.39, 0.29) is 17.4 Å². The third kappa shape index (κ3) is 5.68. The molecule has 0 unspecified atom stereocenters. The van der Waals surface area contributed by atoms with Crippen molar-refractivity contribution in [2.75, 3.05) is 0 Å². The Hall–Kier alpha value is -2.62. The van der Waals surface area contributed by atoms with E-state index in [1.807, 2.05) is 62.4 Å². The summed E-state index contributed by atoms with van der Waals surface area (Å²) < 4.78 is 10.6. The van der Waals surface area contributed by atoms with Crippen molar-refractivity contribution >= 4 is 11.9 Å². The molecule has 27 heavy (non-hydrogen) atoms. The fourth-order valence-electron chi connectivity index (χ4n) is 2.82. The van der Waals surface area contributed by atoms with Crippen LogP contribution in [0.25, 0.3) is 0 Å². The van der Waals surface area contributed by atoms with Crippen molar-refractivity contribution in [2.45, 2.75) is 58.8 Å². The highest BCUT2D eigenvalue weighted by molar-refractivity contribution is 5.72. The Kier molecular flexibility index (Phi) is 7.17. The van der Waals surface area contributed by atoms with Crippen LogP contribution < -0.4 is 9.47 Å². The Balaban J connectivity index is 2.10. The minimum absolute atomic E-state index is 0.210. The van der Waals surface area contributed by atoms with Gasteiger partial charge in [0, 0.05) is 18.3 Å². The van der Waals surface area contributed by atoms with Crippen molar-refractivity contribution in [3.05, 3.63) is 59.7 Å². The average Bonchev–Trinajstić information content (AvgIpc) is 2.63. The standard InChI is InChI=1S/C23H28O4/c1-5-7-21(24)26-19-13-9-17(10-14-19)23(3,4)18-11-15-20(16-12-18)27-22(25)8-6-2/h9-16H,5-8H2,1-4H3. The van der Waals surface area contributed by atoms with Crippen LogP contribution in [-0.4, -0.2) is 11.9 Å². The maximum absolute atomic E-state index is 11.6. The van der Waals surface area contributed by atoms with Gasteiger partial charge in [-0.05, 0) is 48.2 Å². The van der Waals surface area contributed by atoms with E-state index in [1.54, 1.807) is 0 Å². The molecule has 0 bridgehead atoms. The normalized spacial score (nSPS) is 11.1. The van der Waals surface area contributed by atoms with Gasteiger partial charge in [0.2, 0.25) is 0 Å². The molecule has 0 saturated heterocycles. The van der Waals surface area contributed by atoms with Crippen LogP contribution in [0.15, 0.2) is 48.5 Å². The maximum atomic E-state index is 11.6. The zero-order chi connectivity index (χ0) is 19.9. The quantitative estimate of drug-likeness (QED) is 0.461. The molecule has 0 N–H and O–H groups in total. The lowest BCUT2D eigenvalue weighted by Gasteiger charge is -2.26. The van der Waals surface area contributed by atoms with Gasteiger partial charge in [0.05, 0.1) is 0 Å². The molecule has 0 heterocycles. The Morgan fingerprint density at radius 1 is 0.704 bits per heavy atom. The molecule has 0 saturated carbocycles. The first-order chi connectivity index (χ1) is 12.9. The SMILES string of the molecule is CCCC(=O)Oc1ccc(C(C)(C)c2ccc(OC(=O)CCC)cc2)cc1. The molecule has 4 heteroatoms. The van der Waals surface area contributed by atoms with E-state index >= 15 is 0 Å². The summed E-state index contributed by atoms with van der Waals surface area (Å²) in [6, 6.07) is 15.2. The number of benzene rings is 2. The van der Waals surface area contributed by atoms with Gasteiger partial charge in [0.15, 0.2) is 0 Å². The van der Waals surface area contributed by atoms with E-state index in [2.05, 4.69) is 13.8 Å². The fraction of sp³-hybridized carbons (Fsp3) is 0.391. The summed E-state index contributed by atoms with van der Waals surface area (Å²) in [6.45, 7) is 8.15. The fourth-order valence-corrected chi connectivity index (χ4v) is 2.82. The average molecular weight is 368 g/mol. The number of ether oxygens (including phenoxy) is 2. The van der Waals surface area contributed by atoms with Gasteiger partial charge >= 0.3 is 11.9 Å². The monoisotopic (exact) mass is 368 g/mol. The number of rotatable bonds is 8.